The zero-order valence-corrected chi connectivity index (χ0v) is 8.89. The molecule has 1 unspecified atom stereocenters. The van der Waals surface area contributed by atoms with Gasteiger partial charge in [-0.1, -0.05) is 6.92 Å². The van der Waals surface area contributed by atoms with Crippen LogP contribution < -0.4 is 5.73 Å². The molecule has 0 saturated heterocycles. The number of esters is 1. The predicted molar refractivity (Wildman–Crippen MR) is 54.5 cm³/mol. The standard InChI is InChI=1S/C9H14FN3O3/c1-2-3-7(14)16-5-13-4-6(10)8(11)12-9(13)15/h4,9,15H,2-3,5H2,1H3,(H2,11,12). The van der Waals surface area contributed by atoms with E-state index in [-0.39, 0.29) is 19.0 Å². The lowest BCUT2D eigenvalue weighted by atomic mass is 10.3. The minimum absolute atomic E-state index is 0.260. The van der Waals surface area contributed by atoms with Crippen molar-refractivity contribution in [2.45, 2.75) is 26.1 Å². The Morgan fingerprint density at radius 3 is 3.12 bits per heavy atom. The smallest absolute Gasteiger partial charge is 0.307 e. The largest absolute Gasteiger partial charge is 0.444 e. The summed E-state index contributed by atoms with van der Waals surface area (Å²) in [6, 6.07) is 0. The fourth-order valence-corrected chi connectivity index (χ4v) is 1.07. The van der Waals surface area contributed by atoms with Crippen LogP contribution in [0.5, 0.6) is 0 Å². The Balaban J connectivity index is 2.47. The van der Waals surface area contributed by atoms with Gasteiger partial charge in [-0.2, -0.15) is 0 Å². The molecule has 0 bridgehead atoms. The molecule has 0 aromatic rings. The van der Waals surface area contributed by atoms with E-state index in [2.05, 4.69) is 4.99 Å². The van der Waals surface area contributed by atoms with Gasteiger partial charge in [-0.3, -0.25) is 9.69 Å². The maximum absolute atomic E-state index is 13.0. The summed E-state index contributed by atoms with van der Waals surface area (Å²) in [5.41, 5.74) is 5.15. The fourth-order valence-electron chi connectivity index (χ4n) is 1.07. The predicted octanol–water partition coefficient (Wildman–Crippen LogP) is 0.0468. The number of nitrogens with zero attached hydrogens (tertiary/aromatic N) is 2. The van der Waals surface area contributed by atoms with Crippen LogP contribution in [0.15, 0.2) is 17.0 Å². The number of nitrogens with two attached hydrogens (primary N) is 1. The van der Waals surface area contributed by atoms with Crippen LogP contribution in [0, 0.1) is 0 Å². The Kier molecular flexibility index (Phi) is 4.24. The van der Waals surface area contributed by atoms with Crippen LogP contribution in [0.2, 0.25) is 0 Å². The number of aliphatic imine (C=N–C) groups is 1. The molecule has 0 saturated carbocycles. The van der Waals surface area contributed by atoms with Crippen molar-refractivity contribution >= 4 is 11.8 Å². The third-order valence-corrected chi connectivity index (χ3v) is 1.90. The van der Waals surface area contributed by atoms with E-state index in [0.717, 1.165) is 11.1 Å². The third-order valence-electron chi connectivity index (χ3n) is 1.90. The highest BCUT2D eigenvalue weighted by molar-refractivity contribution is 5.95. The topological polar surface area (TPSA) is 88.2 Å². The van der Waals surface area contributed by atoms with Crippen molar-refractivity contribution in [2.24, 2.45) is 10.7 Å². The lowest BCUT2D eigenvalue weighted by Crippen LogP contribution is -2.38. The van der Waals surface area contributed by atoms with E-state index < -0.39 is 18.1 Å². The molecule has 0 aromatic carbocycles. The Morgan fingerprint density at radius 1 is 1.81 bits per heavy atom. The Labute approximate surface area is 92.2 Å². The SMILES string of the molecule is CCCC(=O)OCN1C=C(F)C(N)=NC1O. The molecule has 7 heteroatoms. The summed E-state index contributed by atoms with van der Waals surface area (Å²) in [5, 5.41) is 9.36. The molecule has 0 radical (unpaired) electrons. The number of halogens is 1. The fraction of sp³-hybridized carbons (Fsp3) is 0.556. The molecule has 90 valence electrons. The minimum atomic E-state index is -1.33. The second-order valence-corrected chi connectivity index (χ2v) is 3.25. The zero-order valence-electron chi connectivity index (χ0n) is 8.89. The average molecular weight is 231 g/mol. The first-order valence-electron chi connectivity index (χ1n) is 4.85. The number of carbonyl (C=O) groups excluding carboxylic acids is 1. The first kappa shape index (κ1) is 12.4. The summed E-state index contributed by atoms with van der Waals surface area (Å²) in [7, 11) is 0. The number of ether oxygens (including phenoxy) is 1. The van der Waals surface area contributed by atoms with E-state index in [0.29, 0.717) is 6.42 Å². The van der Waals surface area contributed by atoms with Crippen molar-refractivity contribution in [2.75, 3.05) is 6.73 Å². The normalized spacial score (nSPS) is 20.2. The summed E-state index contributed by atoms with van der Waals surface area (Å²) in [5.74, 6) is -1.55. The number of rotatable bonds is 4. The lowest BCUT2D eigenvalue weighted by Gasteiger charge is -2.26. The van der Waals surface area contributed by atoms with E-state index >= 15 is 0 Å². The minimum Gasteiger partial charge on any atom is -0.444 e. The molecule has 0 aromatic heterocycles. The van der Waals surface area contributed by atoms with Crippen molar-refractivity contribution < 1.29 is 19.0 Å². The Hall–Kier alpha value is -1.63. The molecule has 6 nitrogen and oxygen atoms in total. The molecule has 1 aliphatic rings. The van der Waals surface area contributed by atoms with Crippen LogP contribution in [0.1, 0.15) is 19.8 Å². The van der Waals surface area contributed by atoms with Gasteiger partial charge in [0.25, 0.3) is 0 Å². The van der Waals surface area contributed by atoms with Crippen molar-refractivity contribution in [3.8, 4) is 0 Å². The van der Waals surface area contributed by atoms with Crippen molar-refractivity contribution in [1.82, 2.24) is 4.90 Å². The lowest BCUT2D eigenvalue weighted by molar-refractivity contribution is -0.151. The second kappa shape index (κ2) is 5.45. The van der Waals surface area contributed by atoms with E-state index in [4.69, 9.17) is 10.5 Å². The molecule has 1 aliphatic heterocycles. The summed E-state index contributed by atoms with van der Waals surface area (Å²) in [4.78, 5) is 15.5. The van der Waals surface area contributed by atoms with Crippen LogP contribution in [-0.2, 0) is 9.53 Å². The Morgan fingerprint density at radius 2 is 2.50 bits per heavy atom. The maximum Gasteiger partial charge on any atom is 0.307 e. The van der Waals surface area contributed by atoms with Crippen LogP contribution in [0.4, 0.5) is 4.39 Å². The average Bonchev–Trinajstić information content (AvgIpc) is 2.22. The molecule has 0 amide bonds. The van der Waals surface area contributed by atoms with Gasteiger partial charge >= 0.3 is 5.97 Å². The second-order valence-electron chi connectivity index (χ2n) is 3.25. The van der Waals surface area contributed by atoms with Crippen LogP contribution in [0.25, 0.3) is 0 Å². The van der Waals surface area contributed by atoms with E-state index in [1.165, 1.54) is 0 Å². The van der Waals surface area contributed by atoms with Gasteiger partial charge in [0.05, 0.1) is 0 Å². The van der Waals surface area contributed by atoms with E-state index in [1.807, 2.05) is 6.92 Å². The number of amidine groups is 1. The van der Waals surface area contributed by atoms with Crippen LogP contribution in [-0.4, -0.2) is 34.9 Å². The maximum atomic E-state index is 13.0. The number of hydrogen-bond acceptors (Lipinski definition) is 6. The van der Waals surface area contributed by atoms with Crippen LogP contribution >= 0.6 is 0 Å². The van der Waals surface area contributed by atoms with Gasteiger partial charge in [0, 0.05) is 12.6 Å². The van der Waals surface area contributed by atoms with Gasteiger partial charge < -0.3 is 15.6 Å². The molecule has 0 fully saturated rings. The monoisotopic (exact) mass is 231 g/mol. The number of carbonyl (C=O) groups is 1. The first-order chi connectivity index (χ1) is 7.54. The van der Waals surface area contributed by atoms with Gasteiger partial charge in [-0.15, -0.1) is 0 Å². The summed E-state index contributed by atoms with van der Waals surface area (Å²) in [6.07, 6.45) is 0.568. The summed E-state index contributed by atoms with van der Waals surface area (Å²) < 4.78 is 17.8. The molecule has 0 aliphatic carbocycles. The zero-order chi connectivity index (χ0) is 12.1. The van der Waals surface area contributed by atoms with Crippen LogP contribution in [0.3, 0.4) is 0 Å². The van der Waals surface area contributed by atoms with Gasteiger partial charge in [-0.05, 0) is 6.42 Å². The summed E-state index contributed by atoms with van der Waals surface area (Å²) >= 11 is 0. The van der Waals surface area contributed by atoms with Crippen molar-refractivity contribution in [1.29, 1.82) is 0 Å². The van der Waals surface area contributed by atoms with Crippen molar-refractivity contribution in [3.05, 3.63) is 12.0 Å². The number of aliphatic hydroxyl groups is 1. The van der Waals surface area contributed by atoms with E-state index in [1.54, 1.807) is 0 Å². The van der Waals surface area contributed by atoms with Gasteiger partial charge in [0.15, 0.2) is 18.4 Å². The highest BCUT2D eigenvalue weighted by Crippen LogP contribution is 2.11. The molecule has 1 heterocycles. The van der Waals surface area contributed by atoms with Crippen molar-refractivity contribution in [3.63, 3.8) is 0 Å². The third kappa shape index (κ3) is 3.20. The van der Waals surface area contributed by atoms with Gasteiger partial charge in [0.2, 0.25) is 6.35 Å². The molecule has 3 N–H and O–H groups in total. The quantitative estimate of drug-likeness (QED) is 0.667. The van der Waals surface area contributed by atoms with Gasteiger partial charge in [0.1, 0.15) is 0 Å². The molecular weight excluding hydrogens is 217 g/mol. The first-order valence-corrected chi connectivity index (χ1v) is 4.85. The molecule has 1 atom stereocenters. The Bertz CT molecular complexity index is 330. The van der Waals surface area contributed by atoms with Gasteiger partial charge in [-0.25, -0.2) is 9.38 Å². The molecule has 1 rings (SSSR count). The summed E-state index contributed by atoms with van der Waals surface area (Å²) in [6.45, 7) is 1.58. The highest BCUT2D eigenvalue weighted by Gasteiger charge is 2.20. The van der Waals surface area contributed by atoms with E-state index in [9.17, 15) is 14.3 Å². The molecule has 16 heavy (non-hydrogen) atoms. The molecule has 0 spiro atoms. The number of hydrogen-bond donors (Lipinski definition) is 2. The molecular formula is C9H14FN3O3. The highest BCUT2D eigenvalue weighted by atomic mass is 19.1. The number of aliphatic hydroxyl groups excluding tert-OH is 1.